The Labute approximate surface area is 176 Å². The molecule has 0 aliphatic carbocycles. The summed E-state index contributed by atoms with van der Waals surface area (Å²) in [7, 11) is -3.81. The van der Waals surface area contributed by atoms with E-state index in [9.17, 15) is 8.42 Å². The predicted molar refractivity (Wildman–Crippen MR) is 120 cm³/mol. The van der Waals surface area contributed by atoms with Gasteiger partial charge in [0.15, 0.2) is 0 Å². The number of aromatic nitrogens is 2. The molecule has 0 bridgehead atoms. The number of hydrogen-bond donors (Lipinski definition) is 2. The molecule has 1 saturated heterocycles. The van der Waals surface area contributed by atoms with Gasteiger partial charge in [0.1, 0.15) is 0 Å². The van der Waals surface area contributed by atoms with Gasteiger partial charge in [-0.2, -0.15) is 17.6 Å². The van der Waals surface area contributed by atoms with Crippen LogP contribution in [-0.4, -0.2) is 37.2 Å². The summed E-state index contributed by atoms with van der Waals surface area (Å²) in [4.78, 5) is 0.263. The summed E-state index contributed by atoms with van der Waals surface area (Å²) in [6.45, 7) is 3.07. The molecule has 154 valence electrons. The van der Waals surface area contributed by atoms with Gasteiger partial charge in [-0.3, -0.25) is 0 Å². The van der Waals surface area contributed by atoms with Gasteiger partial charge in [0.2, 0.25) is 0 Å². The summed E-state index contributed by atoms with van der Waals surface area (Å²) in [5.41, 5.74) is 1.57. The standard InChI is InChI=1S/C23H24N4O2S/c28-30(29,23-7-3-5-18-4-1-2-6-21(18)23)27-22-9-8-20(14-19(22)16-26-27)25-15-17-10-12-24-13-11-17/h1-9,14,16-17,24-25H,10-13,15H2. The number of rotatable bonds is 5. The van der Waals surface area contributed by atoms with Crippen LogP contribution in [0, 0.1) is 5.92 Å². The highest BCUT2D eigenvalue weighted by atomic mass is 32.2. The monoisotopic (exact) mass is 420 g/mol. The van der Waals surface area contributed by atoms with Crippen LogP contribution < -0.4 is 10.6 Å². The third-order valence-corrected chi connectivity index (χ3v) is 7.50. The third-order valence-electron chi connectivity index (χ3n) is 5.84. The van der Waals surface area contributed by atoms with Crippen molar-refractivity contribution in [1.82, 2.24) is 14.5 Å². The average Bonchev–Trinajstić information content (AvgIpc) is 3.22. The highest BCUT2D eigenvalue weighted by molar-refractivity contribution is 7.90. The maximum Gasteiger partial charge on any atom is 0.284 e. The van der Waals surface area contributed by atoms with Crippen molar-refractivity contribution in [2.24, 2.45) is 5.92 Å². The van der Waals surface area contributed by atoms with Gasteiger partial charge in [0.05, 0.1) is 16.6 Å². The molecule has 1 fully saturated rings. The van der Waals surface area contributed by atoms with Crippen molar-refractivity contribution in [3.8, 4) is 0 Å². The molecule has 1 aliphatic rings. The molecule has 3 aromatic carbocycles. The number of nitrogens with one attached hydrogen (secondary N) is 2. The highest BCUT2D eigenvalue weighted by Crippen LogP contribution is 2.28. The fourth-order valence-corrected chi connectivity index (χ4v) is 5.67. The van der Waals surface area contributed by atoms with E-state index in [1.54, 1.807) is 18.3 Å². The minimum Gasteiger partial charge on any atom is -0.385 e. The zero-order valence-electron chi connectivity index (χ0n) is 16.6. The van der Waals surface area contributed by atoms with Crippen molar-refractivity contribution >= 4 is 37.4 Å². The van der Waals surface area contributed by atoms with Crippen molar-refractivity contribution < 1.29 is 8.42 Å². The van der Waals surface area contributed by atoms with Crippen LogP contribution in [0.4, 0.5) is 5.69 Å². The minimum atomic E-state index is -3.81. The first-order valence-corrected chi connectivity index (χ1v) is 11.7. The molecule has 2 heterocycles. The molecule has 1 aromatic heterocycles. The Morgan fingerprint density at radius 2 is 1.80 bits per heavy atom. The number of piperidine rings is 1. The van der Waals surface area contributed by atoms with Crippen LogP contribution in [0.5, 0.6) is 0 Å². The van der Waals surface area contributed by atoms with Gasteiger partial charge in [0.25, 0.3) is 10.0 Å². The van der Waals surface area contributed by atoms with Gasteiger partial charge in [-0.25, -0.2) is 0 Å². The van der Waals surface area contributed by atoms with E-state index in [-0.39, 0.29) is 4.90 Å². The number of hydrogen-bond acceptors (Lipinski definition) is 5. The number of fused-ring (bicyclic) bond motifs is 2. The van der Waals surface area contributed by atoms with Crippen molar-refractivity contribution in [2.75, 3.05) is 25.0 Å². The Balaban J connectivity index is 1.47. The maximum atomic E-state index is 13.4. The lowest BCUT2D eigenvalue weighted by molar-refractivity contribution is 0.390. The molecule has 30 heavy (non-hydrogen) atoms. The minimum absolute atomic E-state index is 0.263. The largest absolute Gasteiger partial charge is 0.385 e. The van der Waals surface area contributed by atoms with Gasteiger partial charge in [0, 0.05) is 23.0 Å². The van der Waals surface area contributed by atoms with Crippen molar-refractivity contribution in [1.29, 1.82) is 0 Å². The molecule has 0 amide bonds. The molecular weight excluding hydrogens is 396 g/mol. The molecular formula is C23H24N4O2S. The molecule has 7 heteroatoms. The average molecular weight is 421 g/mol. The van der Waals surface area contributed by atoms with Gasteiger partial charge in [-0.05, 0) is 61.5 Å². The summed E-state index contributed by atoms with van der Waals surface area (Å²) < 4.78 is 28.0. The van der Waals surface area contributed by atoms with Crippen LogP contribution in [0.25, 0.3) is 21.7 Å². The van der Waals surface area contributed by atoms with Crippen LogP contribution in [0.3, 0.4) is 0 Å². The fourth-order valence-electron chi connectivity index (χ4n) is 4.17. The van der Waals surface area contributed by atoms with E-state index in [1.807, 2.05) is 48.5 Å². The van der Waals surface area contributed by atoms with Gasteiger partial charge in [-0.15, -0.1) is 0 Å². The Kier molecular flexibility index (Phi) is 4.92. The van der Waals surface area contributed by atoms with Crippen molar-refractivity contribution in [2.45, 2.75) is 17.7 Å². The lowest BCUT2D eigenvalue weighted by Crippen LogP contribution is -2.31. The Morgan fingerprint density at radius 3 is 2.67 bits per heavy atom. The van der Waals surface area contributed by atoms with Gasteiger partial charge in [-0.1, -0.05) is 36.4 Å². The second kappa shape index (κ2) is 7.74. The first-order valence-electron chi connectivity index (χ1n) is 10.3. The SMILES string of the molecule is O=S(=O)(c1cccc2ccccc12)n1ncc2cc(NCC3CCNCC3)ccc21. The Morgan fingerprint density at radius 1 is 1.00 bits per heavy atom. The van der Waals surface area contributed by atoms with Crippen molar-refractivity contribution in [3.05, 3.63) is 66.9 Å². The molecule has 0 unspecified atom stereocenters. The Bertz CT molecular complexity index is 1300. The van der Waals surface area contributed by atoms with Crippen LogP contribution in [0.1, 0.15) is 12.8 Å². The van der Waals surface area contributed by atoms with Crippen LogP contribution in [0.2, 0.25) is 0 Å². The smallest absolute Gasteiger partial charge is 0.284 e. The highest BCUT2D eigenvalue weighted by Gasteiger charge is 2.22. The second-order valence-electron chi connectivity index (χ2n) is 7.82. The van der Waals surface area contributed by atoms with E-state index >= 15 is 0 Å². The van der Waals surface area contributed by atoms with E-state index in [0.29, 0.717) is 16.8 Å². The summed E-state index contributed by atoms with van der Waals surface area (Å²) >= 11 is 0. The summed E-state index contributed by atoms with van der Waals surface area (Å²) in [5, 5.41) is 13.5. The Hall–Kier alpha value is -2.90. The molecule has 0 spiro atoms. The maximum absolute atomic E-state index is 13.4. The summed E-state index contributed by atoms with van der Waals surface area (Å²) in [6.07, 6.45) is 3.97. The quantitative estimate of drug-likeness (QED) is 0.513. The van der Waals surface area contributed by atoms with Gasteiger partial charge >= 0.3 is 0 Å². The molecule has 2 N–H and O–H groups in total. The number of benzene rings is 3. The predicted octanol–water partition coefficient (Wildman–Crippen LogP) is 3.84. The first kappa shape index (κ1) is 19.1. The molecule has 0 saturated carbocycles. The van der Waals surface area contributed by atoms with Crippen LogP contribution in [-0.2, 0) is 10.0 Å². The molecule has 4 aromatic rings. The molecule has 0 radical (unpaired) electrons. The van der Waals surface area contributed by atoms with E-state index in [1.165, 1.54) is 12.8 Å². The van der Waals surface area contributed by atoms with Crippen molar-refractivity contribution in [3.63, 3.8) is 0 Å². The molecule has 0 atom stereocenters. The zero-order chi connectivity index (χ0) is 20.6. The lowest BCUT2D eigenvalue weighted by atomic mass is 9.98. The van der Waals surface area contributed by atoms with E-state index in [2.05, 4.69) is 15.7 Å². The van der Waals surface area contributed by atoms with Gasteiger partial charge < -0.3 is 10.6 Å². The summed E-state index contributed by atoms with van der Waals surface area (Å²) in [5.74, 6) is 0.663. The fraction of sp³-hybridized carbons (Fsp3) is 0.261. The third kappa shape index (κ3) is 3.44. The second-order valence-corrected chi connectivity index (χ2v) is 9.55. The molecule has 1 aliphatic heterocycles. The van der Waals surface area contributed by atoms with E-state index < -0.39 is 10.0 Å². The topological polar surface area (TPSA) is 76.0 Å². The van der Waals surface area contributed by atoms with Crippen LogP contribution >= 0.6 is 0 Å². The van der Waals surface area contributed by atoms with E-state index in [0.717, 1.165) is 40.2 Å². The molecule has 5 rings (SSSR count). The normalized spacial score (nSPS) is 15.6. The molecule has 6 nitrogen and oxygen atoms in total. The zero-order valence-corrected chi connectivity index (χ0v) is 17.4. The summed E-state index contributed by atoms with van der Waals surface area (Å²) in [6, 6.07) is 18.5. The van der Waals surface area contributed by atoms with E-state index in [4.69, 9.17) is 0 Å². The number of anilines is 1. The lowest BCUT2D eigenvalue weighted by Gasteiger charge is -2.23. The number of nitrogens with zero attached hydrogens (tertiary/aromatic N) is 2. The first-order chi connectivity index (χ1) is 14.6. The van der Waals surface area contributed by atoms with Crippen LogP contribution in [0.15, 0.2) is 71.8 Å².